The predicted molar refractivity (Wildman–Crippen MR) is 143 cm³/mol. The minimum Gasteiger partial charge on any atom is -0.381 e. The maximum Gasteiger partial charge on any atom is 0.143 e. The molecule has 0 amide bonds. The number of aryl methyl sites for hydroxylation is 2. The number of nitrogens with zero attached hydrogens (tertiary/aromatic N) is 6. The second-order valence-corrected chi connectivity index (χ2v) is 9.76. The van der Waals surface area contributed by atoms with Crippen LogP contribution in [0.5, 0.6) is 0 Å². The zero-order valence-corrected chi connectivity index (χ0v) is 21.0. The minimum atomic E-state index is 0.103. The van der Waals surface area contributed by atoms with Crippen LogP contribution in [0.15, 0.2) is 61.3 Å². The molecule has 0 spiro atoms. The van der Waals surface area contributed by atoms with Gasteiger partial charge in [0.25, 0.3) is 0 Å². The summed E-state index contributed by atoms with van der Waals surface area (Å²) in [5.41, 5.74) is 8.93. The minimum absolute atomic E-state index is 0.103. The van der Waals surface area contributed by atoms with Crippen LogP contribution in [-0.2, 0) is 11.8 Å². The number of hydrogen-bond donors (Lipinski definition) is 0. The summed E-state index contributed by atoms with van der Waals surface area (Å²) in [6.07, 6.45) is 3.92. The van der Waals surface area contributed by atoms with Crippen LogP contribution in [0.1, 0.15) is 42.8 Å². The van der Waals surface area contributed by atoms with Crippen molar-refractivity contribution in [2.24, 2.45) is 13.0 Å². The molecule has 1 aliphatic heterocycles. The van der Waals surface area contributed by atoms with E-state index < -0.39 is 0 Å². The van der Waals surface area contributed by atoms with Crippen molar-refractivity contribution in [3.05, 3.63) is 78.3 Å². The fourth-order valence-electron chi connectivity index (χ4n) is 5.59. The molecule has 0 bridgehead atoms. The molecule has 1 fully saturated rings. The van der Waals surface area contributed by atoms with Crippen molar-refractivity contribution in [3.63, 3.8) is 0 Å². The van der Waals surface area contributed by atoms with Gasteiger partial charge in [0, 0.05) is 37.4 Å². The lowest BCUT2D eigenvalue weighted by molar-refractivity contribution is 0.0552. The Balaban J connectivity index is 1.69. The molecule has 0 N–H and O–H groups in total. The van der Waals surface area contributed by atoms with E-state index in [1.807, 2.05) is 37.8 Å². The monoisotopic (exact) mass is 478 g/mol. The van der Waals surface area contributed by atoms with Gasteiger partial charge in [-0.15, -0.1) is 5.10 Å². The van der Waals surface area contributed by atoms with Crippen LogP contribution in [0.4, 0.5) is 0 Å². The Bertz CT molecular complexity index is 1560. The molecule has 7 nitrogen and oxygen atoms in total. The molecule has 0 saturated carbocycles. The Kier molecular flexibility index (Phi) is 5.64. The SMILES string of the molecule is C=C(C)c1ccc2c3ncc(-c4c(C)nnn4C)cc3n(C(c3ccccc3)C3CCOCC3)c2n1. The van der Waals surface area contributed by atoms with Gasteiger partial charge >= 0.3 is 0 Å². The van der Waals surface area contributed by atoms with E-state index in [0.717, 1.165) is 76.3 Å². The second kappa shape index (κ2) is 8.99. The molecule has 36 heavy (non-hydrogen) atoms. The summed E-state index contributed by atoms with van der Waals surface area (Å²) in [5.74, 6) is 0.416. The molecule has 0 radical (unpaired) electrons. The summed E-state index contributed by atoms with van der Waals surface area (Å²) in [4.78, 5) is 10.1. The predicted octanol–water partition coefficient (Wildman–Crippen LogP) is 5.74. The van der Waals surface area contributed by atoms with Crippen LogP contribution in [0, 0.1) is 12.8 Å². The molecule has 1 aromatic carbocycles. The Hall–Kier alpha value is -3.84. The van der Waals surface area contributed by atoms with Crippen molar-refractivity contribution in [3.8, 4) is 11.3 Å². The van der Waals surface area contributed by atoms with E-state index in [-0.39, 0.29) is 6.04 Å². The molecule has 1 aliphatic rings. The highest BCUT2D eigenvalue weighted by Gasteiger charge is 2.31. The molecule has 7 heteroatoms. The van der Waals surface area contributed by atoms with Gasteiger partial charge in [0.05, 0.1) is 34.2 Å². The summed E-state index contributed by atoms with van der Waals surface area (Å²) in [5, 5.41) is 9.54. The molecular formula is C29H30N6O. The number of ether oxygens (including phenoxy) is 1. The average molecular weight is 479 g/mol. The average Bonchev–Trinajstić information content (AvgIpc) is 3.41. The summed E-state index contributed by atoms with van der Waals surface area (Å²) in [6.45, 7) is 9.70. The highest BCUT2D eigenvalue weighted by Crippen LogP contribution is 2.40. The lowest BCUT2D eigenvalue weighted by Crippen LogP contribution is -2.27. The molecule has 1 saturated heterocycles. The van der Waals surface area contributed by atoms with Crippen LogP contribution in [0.3, 0.4) is 0 Å². The van der Waals surface area contributed by atoms with Gasteiger partial charge in [0.1, 0.15) is 5.65 Å². The van der Waals surface area contributed by atoms with Crippen LogP contribution in [0.25, 0.3) is 38.9 Å². The van der Waals surface area contributed by atoms with Crippen molar-refractivity contribution in [2.75, 3.05) is 13.2 Å². The third-order valence-corrected chi connectivity index (χ3v) is 7.32. The lowest BCUT2D eigenvalue weighted by atomic mass is 9.86. The molecule has 182 valence electrons. The normalized spacial score (nSPS) is 15.5. The number of rotatable bonds is 5. The van der Waals surface area contributed by atoms with E-state index in [1.165, 1.54) is 5.56 Å². The van der Waals surface area contributed by atoms with Crippen molar-refractivity contribution in [1.82, 2.24) is 29.5 Å². The second-order valence-electron chi connectivity index (χ2n) is 9.76. The molecule has 4 aromatic heterocycles. The summed E-state index contributed by atoms with van der Waals surface area (Å²) < 4.78 is 9.99. The Labute approximate surface area is 210 Å². The number of aromatic nitrogens is 6. The molecule has 1 unspecified atom stereocenters. The van der Waals surface area contributed by atoms with E-state index in [1.54, 1.807) is 0 Å². The molecule has 0 aliphatic carbocycles. The number of benzene rings is 1. The molecule has 6 rings (SSSR count). The van der Waals surface area contributed by atoms with Crippen LogP contribution in [0.2, 0.25) is 0 Å². The lowest BCUT2D eigenvalue weighted by Gasteiger charge is -2.32. The van der Waals surface area contributed by atoms with Gasteiger partial charge in [-0.2, -0.15) is 0 Å². The highest BCUT2D eigenvalue weighted by molar-refractivity contribution is 6.05. The standard InChI is InChI=1S/C29H30N6O/c1-18(2)24-11-10-23-26-25(16-22(17-30-26)27-19(3)32-33-34(27)4)35(29(23)31-24)28(20-8-6-5-7-9-20)21-12-14-36-15-13-21/h5-11,16-17,21,28H,1,12-15H2,2-4H3. The van der Waals surface area contributed by atoms with E-state index in [2.05, 4.69) is 63.9 Å². The summed E-state index contributed by atoms with van der Waals surface area (Å²) in [7, 11) is 1.92. The first kappa shape index (κ1) is 22.6. The number of allylic oxidation sites excluding steroid dienone is 1. The van der Waals surface area contributed by atoms with Gasteiger partial charge in [-0.1, -0.05) is 42.1 Å². The van der Waals surface area contributed by atoms with Gasteiger partial charge in [-0.05, 0) is 61.9 Å². The number of fused-ring (bicyclic) bond motifs is 3. The van der Waals surface area contributed by atoms with Crippen molar-refractivity contribution >= 4 is 27.6 Å². The third-order valence-electron chi connectivity index (χ3n) is 7.32. The van der Waals surface area contributed by atoms with Crippen LogP contribution in [-0.4, -0.2) is 42.7 Å². The maximum absolute atomic E-state index is 5.76. The first-order valence-electron chi connectivity index (χ1n) is 12.5. The smallest absolute Gasteiger partial charge is 0.143 e. The number of pyridine rings is 2. The van der Waals surface area contributed by atoms with Crippen molar-refractivity contribution in [1.29, 1.82) is 0 Å². The zero-order valence-electron chi connectivity index (χ0n) is 21.0. The van der Waals surface area contributed by atoms with Crippen LogP contribution >= 0.6 is 0 Å². The highest BCUT2D eigenvalue weighted by atomic mass is 16.5. The van der Waals surface area contributed by atoms with E-state index in [9.17, 15) is 0 Å². The Morgan fingerprint density at radius 1 is 1.11 bits per heavy atom. The zero-order chi connectivity index (χ0) is 24.8. The van der Waals surface area contributed by atoms with Gasteiger partial charge < -0.3 is 9.30 Å². The largest absolute Gasteiger partial charge is 0.381 e. The molecule has 1 atom stereocenters. The van der Waals surface area contributed by atoms with Crippen LogP contribution < -0.4 is 0 Å². The van der Waals surface area contributed by atoms with Gasteiger partial charge in [-0.3, -0.25) is 4.98 Å². The fourth-order valence-corrected chi connectivity index (χ4v) is 5.59. The molecule has 5 heterocycles. The molecular weight excluding hydrogens is 448 g/mol. The quantitative estimate of drug-likeness (QED) is 0.322. The van der Waals surface area contributed by atoms with Crippen molar-refractivity contribution in [2.45, 2.75) is 32.7 Å². The Morgan fingerprint density at radius 3 is 2.58 bits per heavy atom. The van der Waals surface area contributed by atoms with Gasteiger partial charge in [0.2, 0.25) is 0 Å². The van der Waals surface area contributed by atoms with Gasteiger partial charge in [-0.25, -0.2) is 9.67 Å². The third kappa shape index (κ3) is 3.71. The topological polar surface area (TPSA) is 70.7 Å². The Morgan fingerprint density at radius 2 is 1.89 bits per heavy atom. The van der Waals surface area contributed by atoms with Gasteiger partial charge in [0.15, 0.2) is 0 Å². The number of hydrogen-bond acceptors (Lipinski definition) is 5. The first-order valence-corrected chi connectivity index (χ1v) is 12.5. The summed E-state index contributed by atoms with van der Waals surface area (Å²) in [6, 6.07) is 17.3. The fraction of sp³-hybridized carbons (Fsp3) is 0.310. The van der Waals surface area contributed by atoms with Crippen molar-refractivity contribution < 1.29 is 4.74 Å². The molecule has 5 aromatic rings. The first-order chi connectivity index (χ1) is 17.5. The van der Waals surface area contributed by atoms with E-state index >= 15 is 0 Å². The maximum atomic E-state index is 5.76. The van der Waals surface area contributed by atoms with E-state index in [0.29, 0.717) is 5.92 Å². The van der Waals surface area contributed by atoms with E-state index in [4.69, 9.17) is 14.7 Å². The summed E-state index contributed by atoms with van der Waals surface area (Å²) >= 11 is 0.